The zero-order valence-corrected chi connectivity index (χ0v) is 17.5. The molecule has 0 bridgehead atoms. The maximum absolute atomic E-state index is 11.3. The van der Waals surface area contributed by atoms with Crippen molar-refractivity contribution in [1.29, 1.82) is 0 Å². The number of hydrogen-bond acceptors (Lipinski definition) is 1. The van der Waals surface area contributed by atoms with Crippen molar-refractivity contribution < 1.29 is 9.90 Å². The van der Waals surface area contributed by atoms with Gasteiger partial charge in [0.25, 0.3) is 0 Å². The maximum atomic E-state index is 11.3. The Labute approximate surface area is 151 Å². The van der Waals surface area contributed by atoms with E-state index in [1.54, 1.807) is 0 Å². The van der Waals surface area contributed by atoms with Gasteiger partial charge in [-0.1, -0.05) is 83.0 Å². The lowest BCUT2D eigenvalue weighted by Gasteiger charge is -2.24. The van der Waals surface area contributed by atoms with E-state index in [9.17, 15) is 9.90 Å². The van der Waals surface area contributed by atoms with Gasteiger partial charge in [0.2, 0.25) is 0 Å². The van der Waals surface area contributed by atoms with Gasteiger partial charge in [0.15, 0.2) is 0 Å². The summed E-state index contributed by atoms with van der Waals surface area (Å²) >= 11 is 0. The van der Waals surface area contributed by atoms with Crippen molar-refractivity contribution in [2.24, 2.45) is 0 Å². The second-order valence-corrected chi connectivity index (χ2v) is 13.4. The van der Waals surface area contributed by atoms with Crippen LogP contribution >= 0.6 is 0 Å². The van der Waals surface area contributed by atoms with Crippen LogP contribution in [-0.4, -0.2) is 19.1 Å². The molecule has 0 spiro atoms. The number of hydrogen-bond donors (Lipinski definition) is 1. The minimum Gasteiger partial charge on any atom is -0.481 e. The molecule has 2 nitrogen and oxygen atoms in total. The molecule has 0 heterocycles. The van der Waals surface area contributed by atoms with E-state index in [2.05, 4.69) is 50.9 Å². The van der Waals surface area contributed by atoms with Crippen molar-refractivity contribution in [3.63, 3.8) is 0 Å². The lowest BCUT2D eigenvalue weighted by atomic mass is 10.1. The van der Waals surface area contributed by atoms with Crippen LogP contribution in [0.2, 0.25) is 25.2 Å². The van der Waals surface area contributed by atoms with Crippen molar-refractivity contribution in [1.82, 2.24) is 0 Å². The van der Waals surface area contributed by atoms with Crippen LogP contribution in [0.15, 0.2) is 24.3 Å². The molecule has 0 aromatic rings. The molecular weight excluding hydrogens is 312 g/mol. The van der Waals surface area contributed by atoms with Crippen LogP contribution in [0.25, 0.3) is 0 Å². The van der Waals surface area contributed by atoms with Crippen LogP contribution in [0, 0.1) is 0 Å². The number of carbonyl (C=O) groups is 1. The van der Waals surface area contributed by atoms with Gasteiger partial charge in [-0.25, -0.2) is 0 Å². The third kappa shape index (κ3) is 13.6. The highest BCUT2D eigenvalue weighted by atomic mass is 28.3. The number of unbranched alkanes of at least 4 members (excludes halogenated alkanes) is 7. The van der Waals surface area contributed by atoms with E-state index in [0.717, 1.165) is 25.7 Å². The second kappa shape index (κ2) is 14.5. The standard InChI is InChI=1S/C21H40O2Si/c1-5-6-7-8-9-10-11-12-13-14-15-16-17-18-19-20(21(22)23)24(2,3)4/h9-10,12-13,20H,5-8,11,14-19H2,1-4H3,(H,22,23)/b10-9-,13-12-. The fourth-order valence-electron chi connectivity index (χ4n) is 2.91. The van der Waals surface area contributed by atoms with Crippen LogP contribution in [0.5, 0.6) is 0 Å². The molecule has 1 atom stereocenters. The molecule has 3 heteroatoms. The maximum Gasteiger partial charge on any atom is 0.303 e. The van der Waals surface area contributed by atoms with Crippen molar-refractivity contribution >= 4 is 14.0 Å². The van der Waals surface area contributed by atoms with Crippen LogP contribution in [0.1, 0.15) is 77.6 Å². The van der Waals surface area contributed by atoms with Gasteiger partial charge in [-0.05, 0) is 38.5 Å². The Morgan fingerprint density at radius 2 is 1.42 bits per heavy atom. The summed E-state index contributed by atoms with van der Waals surface area (Å²) in [7, 11) is -1.57. The highest BCUT2D eigenvalue weighted by Crippen LogP contribution is 2.28. The SMILES string of the molecule is CCCCC/C=C\C/C=C\CCCCCCC(C(=O)O)[Si](C)(C)C. The molecule has 0 rings (SSSR count). The Morgan fingerprint density at radius 3 is 1.92 bits per heavy atom. The van der Waals surface area contributed by atoms with Crippen molar-refractivity contribution in [2.45, 2.75) is 103 Å². The summed E-state index contributed by atoms with van der Waals surface area (Å²) < 4.78 is 0. The molecule has 1 N–H and O–H groups in total. The smallest absolute Gasteiger partial charge is 0.303 e. The Morgan fingerprint density at radius 1 is 0.875 bits per heavy atom. The lowest BCUT2D eigenvalue weighted by molar-refractivity contribution is -0.137. The number of carboxylic acids is 1. The van der Waals surface area contributed by atoms with E-state index in [-0.39, 0.29) is 5.54 Å². The van der Waals surface area contributed by atoms with Gasteiger partial charge in [0.1, 0.15) is 0 Å². The van der Waals surface area contributed by atoms with Crippen LogP contribution in [0.3, 0.4) is 0 Å². The first kappa shape index (κ1) is 23.2. The molecule has 0 fully saturated rings. The molecule has 0 aliphatic rings. The molecule has 0 aliphatic heterocycles. The first-order chi connectivity index (χ1) is 11.4. The predicted molar refractivity (Wildman–Crippen MR) is 109 cm³/mol. The molecule has 0 aromatic heterocycles. The second-order valence-electron chi connectivity index (χ2n) is 7.92. The quantitative estimate of drug-likeness (QED) is 0.192. The molecule has 0 aliphatic carbocycles. The molecular formula is C21H40O2Si. The van der Waals surface area contributed by atoms with E-state index in [4.69, 9.17) is 0 Å². The van der Waals surface area contributed by atoms with Gasteiger partial charge in [-0.2, -0.15) is 0 Å². The van der Waals surface area contributed by atoms with Gasteiger partial charge in [0.05, 0.1) is 13.6 Å². The Bertz CT molecular complexity index is 367. The monoisotopic (exact) mass is 352 g/mol. The molecule has 0 saturated carbocycles. The Hall–Kier alpha value is -0.833. The molecule has 0 radical (unpaired) electrons. The summed E-state index contributed by atoms with van der Waals surface area (Å²) in [6.07, 6.45) is 22.0. The summed E-state index contributed by atoms with van der Waals surface area (Å²) in [5.74, 6) is -0.583. The van der Waals surface area contributed by atoms with E-state index in [1.165, 1.54) is 44.9 Å². The first-order valence-electron chi connectivity index (χ1n) is 9.92. The van der Waals surface area contributed by atoms with Gasteiger partial charge >= 0.3 is 5.97 Å². The molecule has 0 saturated heterocycles. The van der Waals surface area contributed by atoms with E-state index >= 15 is 0 Å². The van der Waals surface area contributed by atoms with Crippen LogP contribution < -0.4 is 0 Å². The Kier molecular flexibility index (Phi) is 14.0. The summed E-state index contributed by atoms with van der Waals surface area (Å²) in [6, 6.07) is 0. The summed E-state index contributed by atoms with van der Waals surface area (Å²) in [5, 5.41) is 9.33. The number of rotatable bonds is 15. The third-order valence-electron chi connectivity index (χ3n) is 4.54. The summed E-state index contributed by atoms with van der Waals surface area (Å²) in [5.41, 5.74) is -0.0819. The molecule has 140 valence electrons. The molecule has 24 heavy (non-hydrogen) atoms. The Balaban J connectivity index is 3.56. The first-order valence-corrected chi connectivity index (χ1v) is 13.5. The lowest BCUT2D eigenvalue weighted by Crippen LogP contribution is -2.33. The molecule has 0 amide bonds. The molecule has 1 unspecified atom stereocenters. The fraction of sp³-hybridized carbons (Fsp3) is 0.762. The average molecular weight is 353 g/mol. The van der Waals surface area contributed by atoms with Gasteiger partial charge in [-0.15, -0.1) is 0 Å². The zero-order valence-electron chi connectivity index (χ0n) is 16.5. The zero-order chi connectivity index (χ0) is 18.3. The van der Waals surface area contributed by atoms with Crippen molar-refractivity contribution in [3.05, 3.63) is 24.3 Å². The third-order valence-corrected chi connectivity index (χ3v) is 7.16. The average Bonchev–Trinajstić information content (AvgIpc) is 2.49. The predicted octanol–water partition coefficient (Wildman–Crippen LogP) is 7.20. The number of carboxylic acid groups (broad SMARTS) is 1. The van der Waals surface area contributed by atoms with Crippen LogP contribution in [0.4, 0.5) is 0 Å². The van der Waals surface area contributed by atoms with Crippen molar-refractivity contribution in [3.8, 4) is 0 Å². The fourth-order valence-corrected chi connectivity index (χ4v) is 4.72. The molecule has 0 aromatic carbocycles. The largest absolute Gasteiger partial charge is 0.481 e. The van der Waals surface area contributed by atoms with E-state index in [1.807, 2.05) is 0 Å². The minimum atomic E-state index is -1.57. The van der Waals surface area contributed by atoms with Gasteiger partial charge in [-0.3, -0.25) is 4.79 Å². The van der Waals surface area contributed by atoms with E-state index in [0.29, 0.717) is 0 Å². The normalized spacial score (nSPS) is 13.8. The van der Waals surface area contributed by atoms with Gasteiger partial charge < -0.3 is 5.11 Å². The number of allylic oxidation sites excluding steroid dienone is 4. The summed E-state index contributed by atoms with van der Waals surface area (Å²) in [6.45, 7) is 8.72. The highest BCUT2D eigenvalue weighted by molar-refractivity contribution is 6.80. The van der Waals surface area contributed by atoms with Crippen molar-refractivity contribution in [2.75, 3.05) is 0 Å². The topological polar surface area (TPSA) is 37.3 Å². The van der Waals surface area contributed by atoms with E-state index < -0.39 is 14.0 Å². The highest BCUT2D eigenvalue weighted by Gasteiger charge is 2.31. The summed E-state index contributed by atoms with van der Waals surface area (Å²) in [4.78, 5) is 11.3. The van der Waals surface area contributed by atoms with Crippen LogP contribution in [-0.2, 0) is 4.79 Å². The van der Waals surface area contributed by atoms with Gasteiger partial charge in [0, 0.05) is 0 Å². The minimum absolute atomic E-state index is 0.0819. The number of aliphatic carboxylic acids is 1.